The van der Waals surface area contributed by atoms with Crippen molar-refractivity contribution in [1.29, 1.82) is 0 Å². The minimum absolute atomic E-state index is 0.311. The zero-order chi connectivity index (χ0) is 17.9. The Morgan fingerprint density at radius 3 is 2.88 bits per heavy atom. The summed E-state index contributed by atoms with van der Waals surface area (Å²) in [6, 6.07) is 12.9. The molecule has 1 aliphatic rings. The Bertz CT molecular complexity index is 948. The summed E-state index contributed by atoms with van der Waals surface area (Å²) in [6.45, 7) is 1.02. The number of amides is 2. The molecule has 0 radical (unpaired) electrons. The van der Waals surface area contributed by atoms with Crippen molar-refractivity contribution >= 4 is 28.4 Å². The first-order valence-electron chi connectivity index (χ1n) is 8.95. The fourth-order valence-corrected chi connectivity index (χ4v) is 3.46. The smallest absolute Gasteiger partial charge is 0.323 e. The fraction of sp³-hybridized carbons (Fsp3) is 0.300. The molecule has 2 amide bonds. The highest BCUT2D eigenvalue weighted by atomic mass is 16.5. The number of rotatable bonds is 3. The van der Waals surface area contributed by atoms with Crippen molar-refractivity contribution < 1.29 is 9.53 Å². The van der Waals surface area contributed by atoms with E-state index < -0.39 is 0 Å². The van der Waals surface area contributed by atoms with Crippen LogP contribution >= 0.6 is 0 Å². The molecular formula is C20H22N4O2. The lowest BCUT2D eigenvalue weighted by Crippen LogP contribution is -2.19. The van der Waals surface area contributed by atoms with Gasteiger partial charge in [0.25, 0.3) is 0 Å². The highest BCUT2D eigenvalue weighted by Gasteiger charge is 2.14. The number of methoxy groups -OCH3 is 1. The maximum atomic E-state index is 12.3. The number of hydrogen-bond donors (Lipinski definition) is 2. The molecule has 26 heavy (non-hydrogen) atoms. The minimum Gasteiger partial charge on any atom is -0.495 e. The van der Waals surface area contributed by atoms with Gasteiger partial charge in [0, 0.05) is 18.7 Å². The predicted molar refractivity (Wildman–Crippen MR) is 103 cm³/mol. The van der Waals surface area contributed by atoms with Crippen LogP contribution in [0.25, 0.3) is 11.0 Å². The number of benzene rings is 2. The molecule has 1 aliphatic heterocycles. The molecule has 0 saturated carbocycles. The second kappa shape index (κ2) is 7.07. The first-order valence-corrected chi connectivity index (χ1v) is 8.95. The molecule has 0 bridgehead atoms. The number of imidazole rings is 1. The fourth-order valence-electron chi connectivity index (χ4n) is 3.46. The van der Waals surface area contributed by atoms with Crippen LogP contribution in [0.5, 0.6) is 5.75 Å². The Hall–Kier alpha value is -3.02. The molecule has 0 aliphatic carbocycles. The number of carbonyl (C=O) groups is 1. The highest BCUT2D eigenvalue weighted by molar-refractivity contribution is 6.01. The Morgan fingerprint density at radius 2 is 2.00 bits per heavy atom. The maximum absolute atomic E-state index is 12.3. The van der Waals surface area contributed by atoms with Crippen molar-refractivity contribution in [1.82, 2.24) is 9.55 Å². The number of carbonyl (C=O) groups excluding carboxylic acids is 1. The Morgan fingerprint density at radius 1 is 1.12 bits per heavy atom. The quantitative estimate of drug-likeness (QED) is 0.735. The van der Waals surface area contributed by atoms with Gasteiger partial charge < -0.3 is 19.9 Å². The lowest BCUT2D eigenvalue weighted by atomic mass is 10.2. The van der Waals surface area contributed by atoms with Gasteiger partial charge in [-0.1, -0.05) is 18.6 Å². The van der Waals surface area contributed by atoms with Gasteiger partial charge >= 0.3 is 6.03 Å². The number of para-hydroxylation sites is 2. The lowest BCUT2D eigenvalue weighted by molar-refractivity contribution is 0.262. The number of hydrogen-bond acceptors (Lipinski definition) is 3. The summed E-state index contributed by atoms with van der Waals surface area (Å²) in [5, 5.41) is 5.69. The van der Waals surface area contributed by atoms with E-state index in [9.17, 15) is 4.79 Å². The molecule has 1 aromatic heterocycles. The molecule has 6 nitrogen and oxygen atoms in total. The summed E-state index contributed by atoms with van der Waals surface area (Å²) < 4.78 is 7.56. The van der Waals surface area contributed by atoms with Crippen LogP contribution in [-0.4, -0.2) is 22.7 Å². The average Bonchev–Trinajstić information content (AvgIpc) is 2.82. The monoisotopic (exact) mass is 350 g/mol. The molecule has 2 heterocycles. The molecular weight excluding hydrogens is 328 g/mol. The first kappa shape index (κ1) is 16.4. The summed E-state index contributed by atoms with van der Waals surface area (Å²) >= 11 is 0. The number of aromatic nitrogens is 2. The van der Waals surface area contributed by atoms with E-state index in [1.54, 1.807) is 19.2 Å². The van der Waals surface area contributed by atoms with Crippen LogP contribution in [0.15, 0.2) is 42.5 Å². The molecule has 0 unspecified atom stereocenters. The van der Waals surface area contributed by atoms with Crippen molar-refractivity contribution in [3.63, 3.8) is 0 Å². The molecule has 0 atom stereocenters. The molecule has 6 heteroatoms. The van der Waals surface area contributed by atoms with E-state index >= 15 is 0 Å². The van der Waals surface area contributed by atoms with Crippen molar-refractivity contribution in [2.75, 3.05) is 17.7 Å². The van der Waals surface area contributed by atoms with Gasteiger partial charge in [-0.25, -0.2) is 9.78 Å². The number of aryl methyl sites for hydroxylation is 2. The third kappa shape index (κ3) is 3.22. The molecule has 0 saturated heterocycles. The Balaban J connectivity index is 1.53. The zero-order valence-electron chi connectivity index (χ0n) is 14.8. The Kier molecular flexibility index (Phi) is 4.48. The molecule has 2 N–H and O–H groups in total. The van der Waals surface area contributed by atoms with Crippen LogP contribution in [-0.2, 0) is 13.0 Å². The average molecular weight is 350 g/mol. The van der Waals surface area contributed by atoms with Crippen molar-refractivity contribution in [3.05, 3.63) is 48.3 Å². The molecule has 4 rings (SSSR count). The predicted octanol–water partition coefficient (Wildman–Crippen LogP) is 4.42. The second-order valence-corrected chi connectivity index (χ2v) is 6.47. The third-order valence-electron chi connectivity index (χ3n) is 4.72. The lowest BCUT2D eigenvalue weighted by Gasteiger charge is -2.11. The molecule has 0 spiro atoms. The van der Waals surface area contributed by atoms with Crippen molar-refractivity contribution in [2.24, 2.45) is 0 Å². The van der Waals surface area contributed by atoms with E-state index in [4.69, 9.17) is 9.72 Å². The number of ether oxygens (including phenoxy) is 1. The highest BCUT2D eigenvalue weighted by Crippen LogP contribution is 2.26. The van der Waals surface area contributed by atoms with E-state index in [1.165, 1.54) is 19.3 Å². The summed E-state index contributed by atoms with van der Waals surface area (Å²) in [7, 11) is 1.58. The summed E-state index contributed by atoms with van der Waals surface area (Å²) in [5.74, 6) is 1.77. The summed E-state index contributed by atoms with van der Waals surface area (Å²) in [5.41, 5.74) is 3.41. The minimum atomic E-state index is -0.311. The van der Waals surface area contributed by atoms with Crippen LogP contribution in [0.2, 0.25) is 0 Å². The molecule has 2 aromatic carbocycles. The zero-order valence-corrected chi connectivity index (χ0v) is 14.8. The van der Waals surface area contributed by atoms with Gasteiger partial charge in [-0.05, 0) is 43.2 Å². The standard InChI is InChI=1S/C20H22N4O2/c1-26-18-8-5-4-7-15(18)23-20(25)21-14-10-11-17-16(13-14)22-19-9-3-2-6-12-24(17)19/h4-5,7-8,10-11,13H,2-3,6,9,12H2,1H3,(H2,21,23,25). The Labute approximate surface area is 152 Å². The number of nitrogens with one attached hydrogen (secondary N) is 2. The first-order chi connectivity index (χ1) is 12.7. The van der Waals surface area contributed by atoms with Crippen molar-refractivity contribution in [3.8, 4) is 5.75 Å². The molecule has 134 valence electrons. The van der Waals surface area contributed by atoms with Crippen LogP contribution in [0.3, 0.4) is 0 Å². The molecule has 3 aromatic rings. The second-order valence-electron chi connectivity index (χ2n) is 6.47. The van der Waals surface area contributed by atoms with Gasteiger partial charge in [-0.3, -0.25) is 0 Å². The van der Waals surface area contributed by atoms with Crippen molar-refractivity contribution in [2.45, 2.75) is 32.2 Å². The van der Waals surface area contributed by atoms with Gasteiger partial charge in [0.2, 0.25) is 0 Å². The van der Waals surface area contributed by atoms with E-state index in [-0.39, 0.29) is 6.03 Å². The maximum Gasteiger partial charge on any atom is 0.323 e. The third-order valence-corrected chi connectivity index (χ3v) is 4.72. The van der Waals surface area contributed by atoms with Crippen LogP contribution in [0.1, 0.15) is 25.1 Å². The topological polar surface area (TPSA) is 68.2 Å². The summed E-state index contributed by atoms with van der Waals surface area (Å²) in [4.78, 5) is 17.1. The van der Waals surface area contributed by atoms with Gasteiger partial charge in [0.1, 0.15) is 11.6 Å². The van der Waals surface area contributed by atoms with Crippen LogP contribution in [0.4, 0.5) is 16.2 Å². The van der Waals surface area contributed by atoms with E-state index in [2.05, 4.69) is 15.2 Å². The number of anilines is 2. The van der Waals surface area contributed by atoms with Gasteiger partial charge in [0.05, 0.1) is 23.8 Å². The van der Waals surface area contributed by atoms with E-state index in [0.717, 1.165) is 35.5 Å². The number of nitrogens with zero attached hydrogens (tertiary/aromatic N) is 2. The summed E-state index contributed by atoms with van der Waals surface area (Å²) in [6.07, 6.45) is 4.66. The number of urea groups is 1. The molecule has 0 fully saturated rings. The van der Waals surface area contributed by atoms with Crippen LogP contribution in [0, 0.1) is 0 Å². The van der Waals surface area contributed by atoms with Crippen LogP contribution < -0.4 is 15.4 Å². The normalized spacial score (nSPS) is 13.7. The van der Waals surface area contributed by atoms with E-state index in [1.807, 2.05) is 30.3 Å². The van der Waals surface area contributed by atoms with E-state index in [0.29, 0.717) is 11.4 Å². The number of fused-ring (bicyclic) bond motifs is 3. The van der Waals surface area contributed by atoms with Gasteiger partial charge in [0.15, 0.2) is 0 Å². The van der Waals surface area contributed by atoms with Gasteiger partial charge in [-0.2, -0.15) is 0 Å². The SMILES string of the molecule is COc1ccccc1NC(=O)Nc1ccc2c(c1)nc1n2CCCCC1. The van der Waals surface area contributed by atoms with Gasteiger partial charge in [-0.15, -0.1) is 0 Å². The largest absolute Gasteiger partial charge is 0.495 e.